The molecule has 3 aromatic rings. The predicted molar refractivity (Wildman–Crippen MR) is 107 cm³/mol. The molecule has 7 heteroatoms. The van der Waals surface area contributed by atoms with Gasteiger partial charge in [0.2, 0.25) is 17.6 Å². The van der Waals surface area contributed by atoms with Crippen LogP contribution in [0.25, 0.3) is 11.4 Å². The van der Waals surface area contributed by atoms with Gasteiger partial charge < -0.3 is 14.6 Å². The van der Waals surface area contributed by atoms with Crippen LogP contribution in [0.15, 0.2) is 53.1 Å². The molecule has 0 aliphatic rings. The van der Waals surface area contributed by atoms with Gasteiger partial charge in [-0.25, -0.2) is 0 Å². The van der Waals surface area contributed by atoms with Crippen LogP contribution in [0.5, 0.6) is 5.75 Å². The molecule has 1 aromatic heterocycles. The number of amides is 1. The van der Waals surface area contributed by atoms with Crippen molar-refractivity contribution in [3.05, 3.63) is 65.0 Å². The standard InChI is InChI=1S/C21H22ClN3O3/c1-3-27-16-10-8-15(9-11-16)21-24-20(28-25-21)13-12-19(26)23-14(2)17-6-4-5-7-18(17)22/h4-11,14H,3,12-13H2,1-2H3,(H,23,26). The lowest BCUT2D eigenvalue weighted by Crippen LogP contribution is -2.27. The van der Waals surface area contributed by atoms with Crippen molar-refractivity contribution < 1.29 is 14.1 Å². The summed E-state index contributed by atoms with van der Waals surface area (Å²) < 4.78 is 10.7. The van der Waals surface area contributed by atoms with Gasteiger partial charge in [0.25, 0.3) is 0 Å². The third kappa shape index (κ3) is 5.10. The fraction of sp³-hybridized carbons (Fsp3) is 0.286. The van der Waals surface area contributed by atoms with Crippen LogP contribution in [0.1, 0.15) is 37.8 Å². The predicted octanol–water partition coefficient (Wildman–Crippen LogP) is 4.60. The number of hydrogen-bond acceptors (Lipinski definition) is 5. The van der Waals surface area contributed by atoms with E-state index in [4.69, 9.17) is 20.9 Å². The topological polar surface area (TPSA) is 77.2 Å². The normalized spacial score (nSPS) is 11.8. The van der Waals surface area contributed by atoms with Gasteiger partial charge in [0, 0.05) is 23.4 Å². The molecule has 28 heavy (non-hydrogen) atoms. The Hall–Kier alpha value is -2.86. The molecule has 2 aromatic carbocycles. The number of halogens is 1. The van der Waals surface area contributed by atoms with E-state index in [2.05, 4.69) is 15.5 Å². The van der Waals surface area contributed by atoms with Crippen molar-refractivity contribution in [2.45, 2.75) is 32.7 Å². The zero-order chi connectivity index (χ0) is 19.9. The Morgan fingerprint density at radius 2 is 1.96 bits per heavy atom. The molecular weight excluding hydrogens is 378 g/mol. The maximum absolute atomic E-state index is 12.2. The number of nitrogens with one attached hydrogen (secondary N) is 1. The average molecular weight is 400 g/mol. The lowest BCUT2D eigenvalue weighted by molar-refractivity contribution is -0.121. The van der Waals surface area contributed by atoms with E-state index in [1.54, 1.807) is 6.07 Å². The molecule has 1 unspecified atom stereocenters. The van der Waals surface area contributed by atoms with Crippen molar-refractivity contribution in [3.63, 3.8) is 0 Å². The Morgan fingerprint density at radius 3 is 2.68 bits per heavy atom. The summed E-state index contributed by atoms with van der Waals surface area (Å²) in [6, 6.07) is 14.7. The van der Waals surface area contributed by atoms with E-state index in [0.717, 1.165) is 16.9 Å². The van der Waals surface area contributed by atoms with Gasteiger partial charge >= 0.3 is 0 Å². The molecule has 1 heterocycles. The molecule has 0 saturated heterocycles. The number of aromatic nitrogens is 2. The summed E-state index contributed by atoms with van der Waals surface area (Å²) >= 11 is 6.17. The first-order chi connectivity index (χ1) is 13.6. The second kappa shape index (κ2) is 9.37. The summed E-state index contributed by atoms with van der Waals surface area (Å²) in [7, 11) is 0. The van der Waals surface area contributed by atoms with Crippen LogP contribution in [0.4, 0.5) is 0 Å². The fourth-order valence-corrected chi connectivity index (χ4v) is 3.08. The van der Waals surface area contributed by atoms with Gasteiger partial charge in [-0.05, 0) is 49.7 Å². The van der Waals surface area contributed by atoms with E-state index >= 15 is 0 Å². The van der Waals surface area contributed by atoms with Crippen LogP contribution in [0.3, 0.4) is 0 Å². The maximum Gasteiger partial charge on any atom is 0.227 e. The highest BCUT2D eigenvalue weighted by molar-refractivity contribution is 6.31. The van der Waals surface area contributed by atoms with Crippen LogP contribution in [0.2, 0.25) is 5.02 Å². The van der Waals surface area contributed by atoms with Crippen molar-refractivity contribution >= 4 is 17.5 Å². The number of carbonyl (C=O) groups is 1. The quantitative estimate of drug-likeness (QED) is 0.599. The molecule has 0 aliphatic carbocycles. The Labute approximate surface area is 168 Å². The molecule has 1 atom stereocenters. The third-order valence-corrected chi connectivity index (χ3v) is 4.55. The monoisotopic (exact) mass is 399 g/mol. The summed E-state index contributed by atoms with van der Waals surface area (Å²) in [5.74, 6) is 1.60. The van der Waals surface area contributed by atoms with Crippen LogP contribution < -0.4 is 10.1 Å². The minimum atomic E-state index is -0.177. The lowest BCUT2D eigenvalue weighted by atomic mass is 10.1. The summed E-state index contributed by atoms with van der Waals surface area (Å²) in [4.78, 5) is 16.6. The lowest BCUT2D eigenvalue weighted by Gasteiger charge is -2.15. The molecular formula is C21H22ClN3O3. The number of rotatable bonds is 8. The minimum Gasteiger partial charge on any atom is -0.494 e. The first-order valence-corrected chi connectivity index (χ1v) is 9.54. The largest absolute Gasteiger partial charge is 0.494 e. The van der Waals surface area contributed by atoms with Crippen LogP contribution in [-0.4, -0.2) is 22.7 Å². The number of aryl methyl sites for hydroxylation is 1. The molecule has 0 bridgehead atoms. The fourth-order valence-electron chi connectivity index (χ4n) is 2.78. The van der Waals surface area contributed by atoms with E-state index in [1.165, 1.54) is 0 Å². The maximum atomic E-state index is 12.2. The van der Waals surface area contributed by atoms with Crippen LogP contribution in [-0.2, 0) is 11.2 Å². The molecule has 1 N–H and O–H groups in total. The van der Waals surface area contributed by atoms with Crippen molar-refractivity contribution in [1.29, 1.82) is 0 Å². The van der Waals surface area contributed by atoms with Crippen molar-refractivity contribution in [2.24, 2.45) is 0 Å². The summed E-state index contributed by atoms with van der Waals surface area (Å²) in [6.45, 7) is 4.45. The SMILES string of the molecule is CCOc1ccc(-c2noc(CCC(=O)NC(C)c3ccccc3Cl)n2)cc1. The average Bonchev–Trinajstić information content (AvgIpc) is 3.16. The van der Waals surface area contributed by atoms with E-state index in [9.17, 15) is 4.79 Å². The van der Waals surface area contributed by atoms with Gasteiger partial charge in [-0.1, -0.05) is 35.0 Å². The molecule has 1 amide bonds. The number of carbonyl (C=O) groups excluding carboxylic acids is 1. The third-order valence-electron chi connectivity index (χ3n) is 4.21. The zero-order valence-corrected chi connectivity index (χ0v) is 16.6. The van der Waals surface area contributed by atoms with Gasteiger partial charge in [0.15, 0.2) is 0 Å². The van der Waals surface area contributed by atoms with Gasteiger partial charge in [-0.2, -0.15) is 4.98 Å². The van der Waals surface area contributed by atoms with Gasteiger partial charge in [0.1, 0.15) is 5.75 Å². The Kier molecular flexibility index (Phi) is 6.66. The van der Waals surface area contributed by atoms with Gasteiger partial charge in [-0.15, -0.1) is 0 Å². The number of ether oxygens (including phenoxy) is 1. The molecule has 0 fully saturated rings. The van der Waals surface area contributed by atoms with Crippen molar-refractivity contribution in [2.75, 3.05) is 6.61 Å². The highest BCUT2D eigenvalue weighted by atomic mass is 35.5. The Balaban J connectivity index is 1.54. The molecule has 6 nitrogen and oxygen atoms in total. The Bertz CT molecular complexity index is 925. The highest BCUT2D eigenvalue weighted by Gasteiger charge is 2.14. The smallest absolute Gasteiger partial charge is 0.227 e. The molecule has 146 valence electrons. The van der Waals surface area contributed by atoms with Crippen molar-refractivity contribution in [1.82, 2.24) is 15.5 Å². The number of hydrogen-bond donors (Lipinski definition) is 1. The second-order valence-corrected chi connectivity index (χ2v) is 6.69. The summed E-state index contributed by atoms with van der Waals surface area (Å²) in [5, 5.41) is 7.55. The minimum absolute atomic E-state index is 0.103. The van der Waals surface area contributed by atoms with Crippen molar-refractivity contribution in [3.8, 4) is 17.1 Å². The molecule has 3 rings (SSSR count). The first-order valence-electron chi connectivity index (χ1n) is 9.16. The van der Waals surface area contributed by atoms with Crippen LogP contribution >= 0.6 is 11.6 Å². The molecule has 0 radical (unpaired) electrons. The summed E-state index contributed by atoms with van der Waals surface area (Å²) in [5.41, 5.74) is 1.71. The first kappa shape index (κ1) is 19.9. The van der Waals surface area contributed by atoms with E-state index < -0.39 is 0 Å². The molecule has 0 saturated carbocycles. The number of nitrogens with zero attached hydrogens (tertiary/aromatic N) is 2. The Morgan fingerprint density at radius 1 is 1.21 bits per heavy atom. The molecule has 0 spiro atoms. The highest BCUT2D eigenvalue weighted by Crippen LogP contribution is 2.23. The van der Waals surface area contributed by atoms with E-state index in [-0.39, 0.29) is 18.4 Å². The van der Waals surface area contributed by atoms with E-state index in [1.807, 2.05) is 56.3 Å². The second-order valence-electron chi connectivity index (χ2n) is 6.28. The zero-order valence-electron chi connectivity index (χ0n) is 15.8. The van der Waals surface area contributed by atoms with Gasteiger partial charge in [0.05, 0.1) is 12.6 Å². The summed E-state index contributed by atoms with van der Waals surface area (Å²) in [6.07, 6.45) is 0.616. The van der Waals surface area contributed by atoms with Crippen LogP contribution in [0, 0.1) is 0 Å². The number of benzene rings is 2. The van der Waals surface area contributed by atoms with Gasteiger partial charge in [-0.3, -0.25) is 4.79 Å². The molecule has 0 aliphatic heterocycles. The van der Waals surface area contributed by atoms with E-state index in [0.29, 0.717) is 29.8 Å².